The zero-order valence-corrected chi connectivity index (χ0v) is 14.1. The molecule has 8 heteroatoms. The van der Waals surface area contributed by atoms with Gasteiger partial charge in [-0.15, -0.1) is 0 Å². The second kappa shape index (κ2) is 7.92. The minimum absolute atomic E-state index is 0.992. The van der Waals surface area contributed by atoms with Crippen molar-refractivity contribution in [3.63, 3.8) is 0 Å². The molecule has 0 fully saturated rings. The molecule has 0 aliphatic heterocycles. The van der Waals surface area contributed by atoms with E-state index >= 15 is 0 Å². The molecule has 0 saturated carbocycles. The lowest BCUT2D eigenvalue weighted by molar-refractivity contribution is -0.0517. The van der Waals surface area contributed by atoms with Crippen LogP contribution >= 0.6 is 0 Å². The maximum Gasteiger partial charge on any atom is 0.485 e. The minimum Gasteiger partial charge on any atom is -0.741 e. The van der Waals surface area contributed by atoms with Gasteiger partial charge in [0.1, 0.15) is 0 Å². The predicted molar refractivity (Wildman–Crippen MR) is 76.5 cm³/mol. The zero-order valence-electron chi connectivity index (χ0n) is 13.3. The van der Waals surface area contributed by atoms with Crippen molar-refractivity contribution in [2.24, 2.45) is 0 Å². The largest absolute Gasteiger partial charge is 0.741 e. The molecule has 1 rings (SSSR count). The second-order valence-corrected chi connectivity index (χ2v) is 6.01. The normalized spacial score (nSPS) is 11.9. The highest BCUT2D eigenvalue weighted by Gasteiger charge is 2.36. The van der Waals surface area contributed by atoms with Gasteiger partial charge in [-0.2, -0.15) is 13.2 Å². The third-order valence-corrected chi connectivity index (χ3v) is 3.83. The number of halogens is 3. The lowest BCUT2D eigenvalue weighted by Gasteiger charge is -2.08. The summed E-state index contributed by atoms with van der Waals surface area (Å²) in [4.78, 5) is 0. The average Bonchev–Trinajstić information content (AvgIpc) is 2.38. The predicted octanol–water partition coefficient (Wildman–Crippen LogP) is 3.92. The van der Waals surface area contributed by atoms with Gasteiger partial charge in [-0.3, -0.25) is 0 Å². The summed E-state index contributed by atoms with van der Waals surface area (Å²) in [5.74, 6) is 2.31. The number of hydrogen-bond acceptors (Lipinski definition) is 3. The van der Waals surface area contributed by atoms with E-state index in [4.69, 9.17) is 17.4 Å². The Hall–Kier alpha value is -1.15. The first-order valence-electron chi connectivity index (χ1n) is 6.86. The maximum absolute atomic E-state index is 10.7. The van der Waals surface area contributed by atoms with Crippen molar-refractivity contribution in [3.8, 4) is 0 Å². The van der Waals surface area contributed by atoms with E-state index in [2.05, 4.69) is 34.6 Å². The van der Waals surface area contributed by atoms with E-state index in [0.717, 1.165) is 30.8 Å². The lowest BCUT2D eigenvalue weighted by Crippen LogP contribution is -2.21. The van der Waals surface area contributed by atoms with Gasteiger partial charge in [-0.05, 0) is 25.8 Å². The molecule has 0 spiro atoms. The molecule has 0 N–H and O–H groups in total. The van der Waals surface area contributed by atoms with E-state index in [9.17, 15) is 13.2 Å². The highest BCUT2D eigenvalue weighted by molar-refractivity contribution is 7.86. The first-order chi connectivity index (χ1) is 9.90. The number of hydrogen-bond donors (Lipinski definition) is 0. The van der Waals surface area contributed by atoms with Gasteiger partial charge in [-0.1, -0.05) is 20.8 Å². The van der Waals surface area contributed by atoms with Gasteiger partial charge < -0.3 is 4.55 Å². The van der Waals surface area contributed by atoms with Gasteiger partial charge in [0.25, 0.3) is 0 Å². The molecule has 0 aliphatic rings. The molecule has 1 aromatic rings. The number of rotatable bonds is 3. The summed E-state index contributed by atoms with van der Waals surface area (Å²) in [6.45, 7) is 10.9. The summed E-state index contributed by atoms with van der Waals surface area (Å²) < 4.78 is 64.8. The molecular formula is C14H21F3O4S. The van der Waals surface area contributed by atoms with Gasteiger partial charge in [-0.25, -0.2) is 12.8 Å². The monoisotopic (exact) mass is 346 g/mol. The first kappa shape index (κ1) is 20.9. The molecule has 0 amide bonds. The summed E-state index contributed by atoms with van der Waals surface area (Å²) in [6, 6.07) is 0. The molecule has 128 valence electrons. The molecular weight excluding hydrogens is 325 g/mol. The van der Waals surface area contributed by atoms with Gasteiger partial charge >= 0.3 is 17.0 Å². The molecule has 0 aromatic carbocycles. The Labute approximate surface area is 129 Å². The van der Waals surface area contributed by atoms with E-state index in [1.165, 1.54) is 16.7 Å². The van der Waals surface area contributed by atoms with Crippen LogP contribution in [0.1, 0.15) is 49.0 Å². The van der Waals surface area contributed by atoms with Gasteiger partial charge in [0, 0.05) is 0 Å². The van der Waals surface area contributed by atoms with Crippen molar-refractivity contribution in [3.05, 3.63) is 28.2 Å². The van der Waals surface area contributed by atoms with E-state index < -0.39 is 15.6 Å². The van der Waals surface area contributed by atoms with E-state index in [1.54, 1.807) is 0 Å². The van der Waals surface area contributed by atoms with Crippen LogP contribution in [0, 0.1) is 13.8 Å². The summed E-state index contributed by atoms with van der Waals surface area (Å²) in [7, 11) is -6.09. The van der Waals surface area contributed by atoms with Crippen LogP contribution in [0.2, 0.25) is 0 Å². The Kier molecular flexibility index (Phi) is 7.50. The van der Waals surface area contributed by atoms with Crippen LogP contribution in [0.4, 0.5) is 13.2 Å². The summed E-state index contributed by atoms with van der Waals surface area (Å²) in [6.07, 6.45) is 3.09. The molecule has 0 aliphatic carbocycles. The van der Waals surface area contributed by atoms with Crippen molar-refractivity contribution in [2.75, 3.05) is 0 Å². The molecule has 4 nitrogen and oxygen atoms in total. The van der Waals surface area contributed by atoms with Crippen LogP contribution in [-0.2, 0) is 29.4 Å². The number of alkyl halides is 3. The van der Waals surface area contributed by atoms with E-state index in [-0.39, 0.29) is 0 Å². The Balaban J connectivity index is 0.000000472. The molecule has 0 unspecified atom stereocenters. The van der Waals surface area contributed by atoms with Gasteiger partial charge in [0.05, 0.1) is 24.0 Å². The Bertz CT molecular complexity index is 579. The van der Waals surface area contributed by atoms with Crippen molar-refractivity contribution in [1.82, 2.24) is 0 Å². The molecule has 0 radical (unpaired) electrons. The van der Waals surface area contributed by atoms with Crippen molar-refractivity contribution < 1.29 is 30.6 Å². The third kappa shape index (κ3) is 5.24. The van der Waals surface area contributed by atoms with Crippen molar-refractivity contribution >= 4 is 10.1 Å². The standard InChI is InChI=1S/C13H21O.CHF3O3S/c1-6-11-9(4)12(7-2)14-13(8-3)10(11)5;2-1(3,4)8(5,6)7/h6-8H2,1-5H3;(H,5,6,7)/q+1;/p-1/i1+1,4+1,5+1,11+1;. The van der Waals surface area contributed by atoms with Crippen molar-refractivity contribution in [1.29, 1.82) is 0 Å². The SMILES string of the molecule is CCc1[o+]c(CC)c([13CH3])[13c](C[13CH3])c1[13CH3].O=S(=O)([O-])C(F)(F)F. The van der Waals surface area contributed by atoms with Crippen LogP contribution in [-0.4, -0.2) is 18.5 Å². The Morgan fingerprint density at radius 3 is 1.45 bits per heavy atom. The Morgan fingerprint density at radius 1 is 0.955 bits per heavy atom. The average molecular weight is 346 g/mol. The fraction of sp³-hybridized carbons (Fsp3) is 0.643. The highest BCUT2D eigenvalue weighted by atomic mass is 32.2. The maximum atomic E-state index is 10.7. The summed E-state index contributed by atoms with van der Waals surface area (Å²) in [5.41, 5.74) is -1.47. The molecule has 0 bridgehead atoms. The van der Waals surface area contributed by atoms with Crippen LogP contribution < -0.4 is 0 Å². The molecule has 1 heterocycles. The van der Waals surface area contributed by atoms with Crippen molar-refractivity contribution in [2.45, 2.75) is 59.4 Å². The highest BCUT2D eigenvalue weighted by Crippen LogP contribution is 2.24. The second-order valence-electron chi connectivity index (χ2n) is 4.64. The molecule has 1 aromatic heterocycles. The summed E-state index contributed by atoms with van der Waals surface area (Å²) >= 11 is 0. The van der Waals surface area contributed by atoms with Crippen LogP contribution in [0.5, 0.6) is 0 Å². The molecule has 0 saturated heterocycles. The first-order valence-corrected chi connectivity index (χ1v) is 8.27. The summed E-state index contributed by atoms with van der Waals surface area (Å²) in [5, 5.41) is 0. The fourth-order valence-corrected chi connectivity index (χ4v) is 2.12. The molecule has 22 heavy (non-hydrogen) atoms. The smallest absolute Gasteiger partial charge is 0.485 e. The number of aryl methyl sites for hydroxylation is 2. The van der Waals surface area contributed by atoms with Crippen LogP contribution in [0.25, 0.3) is 0 Å². The van der Waals surface area contributed by atoms with E-state index in [1.807, 2.05) is 0 Å². The van der Waals surface area contributed by atoms with Gasteiger partial charge in [0.15, 0.2) is 10.1 Å². The zero-order chi connectivity index (χ0) is 17.7. The fourth-order valence-electron chi connectivity index (χ4n) is 2.12. The van der Waals surface area contributed by atoms with Crippen LogP contribution in [0.15, 0.2) is 4.42 Å². The van der Waals surface area contributed by atoms with Crippen LogP contribution in [0.3, 0.4) is 0 Å². The minimum atomic E-state index is -6.09. The third-order valence-electron chi connectivity index (χ3n) is 3.27. The lowest BCUT2D eigenvalue weighted by atomic mass is 10.2. The van der Waals surface area contributed by atoms with E-state index in [0.29, 0.717) is 0 Å². The van der Waals surface area contributed by atoms with Gasteiger partial charge in [0.2, 0.25) is 0 Å². The Morgan fingerprint density at radius 2 is 1.27 bits per heavy atom. The molecule has 0 atom stereocenters. The quantitative estimate of drug-likeness (QED) is 0.360. The topological polar surface area (TPSA) is 68.5 Å².